The van der Waals surface area contributed by atoms with Crippen molar-refractivity contribution in [2.24, 2.45) is 0 Å². The van der Waals surface area contributed by atoms with Crippen molar-refractivity contribution >= 4 is 34.8 Å². The number of carbonyl (C=O) groups excluding carboxylic acids is 1. The molecule has 0 fully saturated rings. The van der Waals surface area contributed by atoms with E-state index in [1.807, 2.05) is 6.07 Å². The van der Waals surface area contributed by atoms with E-state index in [4.69, 9.17) is 23.2 Å². The molecule has 0 aromatic heterocycles. The van der Waals surface area contributed by atoms with Gasteiger partial charge in [-0.2, -0.15) is 0 Å². The minimum absolute atomic E-state index is 0.0386. The standard InChI is InChI=1S/C15H12Cl2N2O3/c1-9(10-3-2-4-11(16)7-10)18-15(20)13-6-5-12(17)8-14(13)19(21)22/h2-9H,1H3,(H,18,20). The van der Waals surface area contributed by atoms with E-state index in [1.54, 1.807) is 25.1 Å². The van der Waals surface area contributed by atoms with Crippen LogP contribution in [0.15, 0.2) is 42.5 Å². The fourth-order valence-corrected chi connectivity index (χ4v) is 2.35. The number of nitrogens with one attached hydrogen (secondary N) is 1. The van der Waals surface area contributed by atoms with Crippen LogP contribution in [0.5, 0.6) is 0 Å². The quantitative estimate of drug-likeness (QED) is 0.663. The van der Waals surface area contributed by atoms with Gasteiger partial charge in [-0.15, -0.1) is 0 Å². The molecule has 0 bridgehead atoms. The summed E-state index contributed by atoms with van der Waals surface area (Å²) in [4.78, 5) is 22.7. The summed E-state index contributed by atoms with van der Waals surface area (Å²) in [5, 5.41) is 14.5. The first kappa shape index (κ1) is 16.3. The van der Waals surface area contributed by atoms with E-state index in [0.717, 1.165) is 11.6 Å². The van der Waals surface area contributed by atoms with Crippen molar-refractivity contribution in [2.75, 3.05) is 0 Å². The normalized spacial score (nSPS) is 11.8. The van der Waals surface area contributed by atoms with Crippen LogP contribution in [0.2, 0.25) is 10.0 Å². The highest BCUT2D eigenvalue weighted by atomic mass is 35.5. The van der Waals surface area contributed by atoms with Crippen LogP contribution in [-0.2, 0) is 0 Å². The summed E-state index contributed by atoms with van der Waals surface area (Å²) in [6, 6.07) is 10.6. The molecule has 0 radical (unpaired) electrons. The molecule has 0 saturated carbocycles. The number of nitrogens with zero attached hydrogens (tertiary/aromatic N) is 1. The lowest BCUT2D eigenvalue weighted by atomic mass is 10.1. The van der Waals surface area contributed by atoms with Crippen molar-refractivity contribution in [3.05, 3.63) is 73.8 Å². The summed E-state index contributed by atoms with van der Waals surface area (Å²) in [6.45, 7) is 1.77. The van der Waals surface area contributed by atoms with Crippen molar-refractivity contribution in [2.45, 2.75) is 13.0 Å². The summed E-state index contributed by atoms with van der Waals surface area (Å²) in [5.74, 6) is -0.546. The molecule has 114 valence electrons. The van der Waals surface area contributed by atoms with Gasteiger partial charge in [0.05, 0.1) is 11.0 Å². The van der Waals surface area contributed by atoms with Crippen LogP contribution in [0.3, 0.4) is 0 Å². The SMILES string of the molecule is CC(NC(=O)c1ccc(Cl)cc1[N+](=O)[O-])c1cccc(Cl)c1. The lowest BCUT2D eigenvalue weighted by molar-refractivity contribution is -0.385. The molecule has 0 spiro atoms. The monoisotopic (exact) mass is 338 g/mol. The van der Waals surface area contributed by atoms with Gasteiger partial charge in [0, 0.05) is 16.1 Å². The van der Waals surface area contributed by atoms with Crippen LogP contribution >= 0.6 is 23.2 Å². The number of hydrogen-bond donors (Lipinski definition) is 1. The molecule has 0 heterocycles. The number of amides is 1. The van der Waals surface area contributed by atoms with Gasteiger partial charge < -0.3 is 5.32 Å². The molecule has 2 rings (SSSR count). The number of rotatable bonds is 4. The van der Waals surface area contributed by atoms with Crippen LogP contribution in [0.1, 0.15) is 28.9 Å². The Labute approximate surface area is 137 Å². The van der Waals surface area contributed by atoms with Gasteiger partial charge in [0.2, 0.25) is 0 Å². The molecule has 2 aromatic carbocycles. The first-order chi connectivity index (χ1) is 10.4. The fraction of sp³-hybridized carbons (Fsp3) is 0.133. The van der Waals surface area contributed by atoms with Gasteiger partial charge >= 0.3 is 0 Å². The Morgan fingerprint density at radius 1 is 1.18 bits per heavy atom. The Hall–Kier alpha value is -2.11. The van der Waals surface area contributed by atoms with E-state index in [2.05, 4.69) is 5.32 Å². The largest absolute Gasteiger partial charge is 0.345 e. The third-order valence-corrected chi connectivity index (χ3v) is 3.57. The fourth-order valence-electron chi connectivity index (χ4n) is 1.98. The van der Waals surface area contributed by atoms with E-state index in [-0.39, 0.29) is 22.3 Å². The summed E-state index contributed by atoms with van der Waals surface area (Å²) in [7, 11) is 0. The minimum atomic E-state index is -0.634. The molecule has 0 saturated heterocycles. The molecule has 2 aromatic rings. The molecule has 7 heteroatoms. The van der Waals surface area contributed by atoms with Gasteiger partial charge in [-0.05, 0) is 36.8 Å². The lowest BCUT2D eigenvalue weighted by Gasteiger charge is -2.14. The van der Waals surface area contributed by atoms with Crippen molar-refractivity contribution in [1.29, 1.82) is 0 Å². The summed E-state index contributed by atoms with van der Waals surface area (Å²) >= 11 is 11.6. The molecule has 0 aliphatic heterocycles. The molecule has 1 N–H and O–H groups in total. The zero-order chi connectivity index (χ0) is 16.3. The van der Waals surface area contributed by atoms with Gasteiger partial charge in [0.1, 0.15) is 5.56 Å². The highest BCUT2D eigenvalue weighted by Crippen LogP contribution is 2.24. The average molecular weight is 339 g/mol. The maximum Gasteiger partial charge on any atom is 0.283 e. The smallest absolute Gasteiger partial charge is 0.283 e. The predicted octanol–water partition coefficient (Wildman–Crippen LogP) is 4.39. The van der Waals surface area contributed by atoms with Gasteiger partial charge in [-0.25, -0.2) is 0 Å². The van der Waals surface area contributed by atoms with Gasteiger partial charge in [0.25, 0.3) is 11.6 Å². The van der Waals surface area contributed by atoms with E-state index in [1.165, 1.54) is 12.1 Å². The topological polar surface area (TPSA) is 72.2 Å². The molecular formula is C15H12Cl2N2O3. The van der Waals surface area contributed by atoms with Crippen LogP contribution in [0, 0.1) is 10.1 Å². The Morgan fingerprint density at radius 2 is 1.86 bits per heavy atom. The number of carbonyl (C=O) groups is 1. The van der Waals surface area contributed by atoms with Gasteiger partial charge in [-0.3, -0.25) is 14.9 Å². The van der Waals surface area contributed by atoms with Gasteiger partial charge in [-0.1, -0.05) is 35.3 Å². The molecule has 1 amide bonds. The molecular weight excluding hydrogens is 327 g/mol. The lowest BCUT2D eigenvalue weighted by Crippen LogP contribution is -2.27. The van der Waals surface area contributed by atoms with Crippen LogP contribution in [0.25, 0.3) is 0 Å². The van der Waals surface area contributed by atoms with Crippen molar-refractivity contribution in [1.82, 2.24) is 5.32 Å². The van der Waals surface area contributed by atoms with Crippen LogP contribution < -0.4 is 5.32 Å². The van der Waals surface area contributed by atoms with E-state index in [9.17, 15) is 14.9 Å². The van der Waals surface area contributed by atoms with Crippen LogP contribution in [-0.4, -0.2) is 10.8 Å². The Bertz CT molecular complexity index is 734. The number of nitro groups is 1. The first-order valence-electron chi connectivity index (χ1n) is 6.38. The Kier molecular flexibility index (Phi) is 5.00. The number of benzene rings is 2. The maximum absolute atomic E-state index is 12.3. The predicted molar refractivity (Wildman–Crippen MR) is 85.4 cm³/mol. The second-order valence-corrected chi connectivity index (χ2v) is 5.54. The summed E-state index contributed by atoms with van der Waals surface area (Å²) in [6.07, 6.45) is 0. The van der Waals surface area contributed by atoms with Crippen molar-refractivity contribution in [3.8, 4) is 0 Å². The second-order valence-electron chi connectivity index (χ2n) is 4.67. The number of nitro benzene ring substituents is 1. The third-order valence-electron chi connectivity index (χ3n) is 3.10. The molecule has 22 heavy (non-hydrogen) atoms. The molecule has 0 aliphatic carbocycles. The maximum atomic E-state index is 12.3. The van der Waals surface area contributed by atoms with E-state index >= 15 is 0 Å². The second kappa shape index (κ2) is 6.77. The Morgan fingerprint density at radius 3 is 2.50 bits per heavy atom. The number of halogens is 2. The summed E-state index contributed by atoms with van der Waals surface area (Å²) < 4.78 is 0. The summed E-state index contributed by atoms with van der Waals surface area (Å²) in [5.41, 5.74) is 0.434. The molecule has 1 unspecified atom stereocenters. The van der Waals surface area contributed by atoms with Crippen molar-refractivity contribution < 1.29 is 9.72 Å². The van der Waals surface area contributed by atoms with Crippen LogP contribution in [0.4, 0.5) is 5.69 Å². The first-order valence-corrected chi connectivity index (χ1v) is 7.14. The minimum Gasteiger partial charge on any atom is -0.345 e. The Balaban J connectivity index is 2.24. The van der Waals surface area contributed by atoms with Gasteiger partial charge in [0.15, 0.2) is 0 Å². The van der Waals surface area contributed by atoms with E-state index in [0.29, 0.717) is 5.02 Å². The van der Waals surface area contributed by atoms with Crippen molar-refractivity contribution in [3.63, 3.8) is 0 Å². The highest BCUT2D eigenvalue weighted by molar-refractivity contribution is 6.31. The molecule has 5 nitrogen and oxygen atoms in total. The third kappa shape index (κ3) is 3.75. The molecule has 1 atom stereocenters. The highest BCUT2D eigenvalue weighted by Gasteiger charge is 2.22. The average Bonchev–Trinajstić information content (AvgIpc) is 2.46. The zero-order valence-corrected chi connectivity index (χ0v) is 13.1. The molecule has 0 aliphatic rings. The van der Waals surface area contributed by atoms with E-state index < -0.39 is 10.8 Å². The number of hydrogen-bond acceptors (Lipinski definition) is 3. The zero-order valence-electron chi connectivity index (χ0n) is 11.5.